The van der Waals surface area contributed by atoms with Crippen LogP contribution < -0.4 is 5.32 Å². The van der Waals surface area contributed by atoms with Crippen LogP contribution in [0.25, 0.3) is 0 Å². The maximum Gasteiger partial charge on any atom is 0.188 e. The molecule has 2 rings (SSSR count). The molecular weight excluding hydrogens is 242 g/mol. The molecule has 0 aliphatic carbocycles. The average molecular weight is 247 g/mol. The van der Waals surface area contributed by atoms with Gasteiger partial charge < -0.3 is 5.32 Å². The highest BCUT2D eigenvalue weighted by atomic mass is 35.5. The average Bonchev–Trinajstić information content (AvgIpc) is 2.58. The summed E-state index contributed by atoms with van der Waals surface area (Å²) in [5.74, 6) is -1.05. The molecule has 0 spiro atoms. The van der Waals surface area contributed by atoms with Gasteiger partial charge in [-0.1, -0.05) is 11.6 Å². The normalized spacial score (nSPS) is 10.3. The molecule has 1 aromatic carbocycles. The van der Waals surface area contributed by atoms with E-state index in [0.717, 1.165) is 18.2 Å². The lowest BCUT2D eigenvalue weighted by molar-refractivity contribution is 0.603. The van der Waals surface area contributed by atoms with Gasteiger partial charge >= 0.3 is 0 Å². The molecule has 0 bridgehead atoms. The highest BCUT2D eigenvalue weighted by Gasteiger charge is 2.06. The summed E-state index contributed by atoms with van der Waals surface area (Å²) in [7, 11) is 0. The Morgan fingerprint density at radius 1 is 1.33 bits per heavy atom. The number of thiazole rings is 1. The number of benzene rings is 1. The zero-order valence-electron chi connectivity index (χ0n) is 7.30. The largest absolute Gasteiger partial charge is 0.329 e. The Bertz CT molecular complexity index is 487. The standard InChI is InChI=1S/C9H5ClF2N2S/c10-8-4-15-9(14-8)13-7-3-5(11)1-2-6(7)12/h1-4H,(H,13,14). The second kappa shape index (κ2) is 4.12. The summed E-state index contributed by atoms with van der Waals surface area (Å²) in [5.41, 5.74) is 0.0426. The molecule has 0 radical (unpaired) electrons. The van der Waals surface area contributed by atoms with E-state index in [2.05, 4.69) is 10.3 Å². The number of anilines is 2. The van der Waals surface area contributed by atoms with Gasteiger partial charge in [-0.2, -0.15) is 0 Å². The van der Waals surface area contributed by atoms with Crippen molar-refractivity contribution in [2.75, 3.05) is 5.32 Å². The monoisotopic (exact) mass is 246 g/mol. The summed E-state index contributed by atoms with van der Waals surface area (Å²) in [6.45, 7) is 0. The maximum absolute atomic E-state index is 13.2. The summed E-state index contributed by atoms with van der Waals surface area (Å²) in [4.78, 5) is 3.86. The van der Waals surface area contributed by atoms with Gasteiger partial charge in [0.25, 0.3) is 0 Å². The van der Waals surface area contributed by atoms with Crippen LogP contribution in [0.2, 0.25) is 5.15 Å². The van der Waals surface area contributed by atoms with Crippen LogP contribution in [0.3, 0.4) is 0 Å². The number of hydrogen-bond donors (Lipinski definition) is 1. The Morgan fingerprint density at radius 3 is 2.80 bits per heavy atom. The highest BCUT2D eigenvalue weighted by molar-refractivity contribution is 7.14. The molecular formula is C9H5ClF2N2S. The first kappa shape index (κ1) is 10.3. The van der Waals surface area contributed by atoms with Crippen molar-refractivity contribution in [3.63, 3.8) is 0 Å². The maximum atomic E-state index is 13.2. The molecule has 0 unspecified atom stereocenters. The lowest BCUT2D eigenvalue weighted by atomic mass is 10.3. The molecule has 0 amide bonds. The van der Waals surface area contributed by atoms with Crippen molar-refractivity contribution < 1.29 is 8.78 Å². The zero-order chi connectivity index (χ0) is 10.8. The Morgan fingerprint density at radius 2 is 2.13 bits per heavy atom. The van der Waals surface area contributed by atoms with E-state index in [9.17, 15) is 8.78 Å². The van der Waals surface area contributed by atoms with Crippen LogP contribution in [0.1, 0.15) is 0 Å². The minimum Gasteiger partial charge on any atom is -0.329 e. The molecule has 0 saturated heterocycles. The third kappa shape index (κ3) is 2.43. The van der Waals surface area contributed by atoms with Crippen molar-refractivity contribution in [1.29, 1.82) is 0 Å². The molecule has 0 fully saturated rings. The molecule has 1 heterocycles. The first-order valence-corrected chi connectivity index (χ1v) is 5.24. The molecule has 0 aliphatic heterocycles. The third-order valence-corrected chi connectivity index (χ3v) is 2.73. The van der Waals surface area contributed by atoms with Crippen molar-refractivity contribution >= 4 is 33.8 Å². The van der Waals surface area contributed by atoms with E-state index < -0.39 is 11.6 Å². The number of halogens is 3. The van der Waals surface area contributed by atoms with Gasteiger partial charge in [0.15, 0.2) is 5.13 Å². The lowest BCUT2D eigenvalue weighted by Crippen LogP contribution is -1.93. The number of rotatable bonds is 2. The minimum absolute atomic E-state index is 0.0426. The summed E-state index contributed by atoms with van der Waals surface area (Å²) in [6, 6.07) is 3.16. The second-order valence-corrected chi connectivity index (χ2v) is 3.97. The van der Waals surface area contributed by atoms with Crippen molar-refractivity contribution in [1.82, 2.24) is 4.98 Å². The van der Waals surface area contributed by atoms with Crippen molar-refractivity contribution in [2.45, 2.75) is 0 Å². The predicted molar refractivity (Wildman–Crippen MR) is 56.8 cm³/mol. The first-order chi connectivity index (χ1) is 7.15. The highest BCUT2D eigenvalue weighted by Crippen LogP contribution is 2.25. The molecule has 6 heteroatoms. The van der Waals surface area contributed by atoms with Crippen molar-refractivity contribution in [3.8, 4) is 0 Å². The van der Waals surface area contributed by atoms with E-state index in [1.165, 1.54) is 11.3 Å². The fourth-order valence-electron chi connectivity index (χ4n) is 1.02. The Hall–Kier alpha value is -1.20. The molecule has 15 heavy (non-hydrogen) atoms. The molecule has 0 aliphatic rings. The molecule has 2 nitrogen and oxygen atoms in total. The van der Waals surface area contributed by atoms with Crippen LogP contribution in [0.5, 0.6) is 0 Å². The molecule has 1 N–H and O–H groups in total. The van der Waals surface area contributed by atoms with E-state index in [1.54, 1.807) is 5.38 Å². The summed E-state index contributed by atoms with van der Waals surface area (Å²) in [5, 5.41) is 4.98. The predicted octanol–water partition coefficient (Wildman–Crippen LogP) is 3.82. The van der Waals surface area contributed by atoms with Crippen LogP contribution in [0.15, 0.2) is 23.6 Å². The van der Waals surface area contributed by atoms with Crippen molar-refractivity contribution in [3.05, 3.63) is 40.4 Å². The van der Waals surface area contributed by atoms with E-state index >= 15 is 0 Å². The molecule has 1 aromatic heterocycles. The Labute approximate surface area is 93.5 Å². The number of nitrogens with one attached hydrogen (secondary N) is 1. The second-order valence-electron chi connectivity index (χ2n) is 2.72. The van der Waals surface area contributed by atoms with E-state index in [-0.39, 0.29) is 5.69 Å². The Kier molecular flexibility index (Phi) is 2.83. The van der Waals surface area contributed by atoms with Gasteiger partial charge in [0.1, 0.15) is 16.8 Å². The topological polar surface area (TPSA) is 24.9 Å². The number of hydrogen-bond acceptors (Lipinski definition) is 3. The SMILES string of the molecule is Fc1ccc(F)c(Nc2nc(Cl)cs2)c1. The van der Waals surface area contributed by atoms with Gasteiger partial charge in [-0.15, -0.1) is 11.3 Å². The smallest absolute Gasteiger partial charge is 0.188 e. The quantitative estimate of drug-likeness (QED) is 0.871. The fraction of sp³-hybridized carbons (Fsp3) is 0. The third-order valence-electron chi connectivity index (χ3n) is 1.65. The van der Waals surface area contributed by atoms with Crippen LogP contribution in [-0.2, 0) is 0 Å². The van der Waals surface area contributed by atoms with E-state index in [4.69, 9.17) is 11.6 Å². The van der Waals surface area contributed by atoms with Gasteiger partial charge in [-0.3, -0.25) is 0 Å². The number of aromatic nitrogens is 1. The van der Waals surface area contributed by atoms with Crippen LogP contribution in [0, 0.1) is 11.6 Å². The van der Waals surface area contributed by atoms with Gasteiger partial charge in [0.2, 0.25) is 0 Å². The van der Waals surface area contributed by atoms with Crippen LogP contribution in [-0.4, -0.2) is 4.98 Å². The lowest BCUT2D eigenvalue weighted by Gasteiger charge is -2.03. The first-order valence-electron chi connectivity index (χ1n) is 3.98. The molecule has 0 atom stereocenters. The van der Waals surface area contributed by atoms with E-state index in [1.807, 2.05) is 0 Å². The fourth-order valence-corrected chi connectivity index (χ4v) is 1.87. The summed E-state index contributed by atoms with van der Waals surface area (Å²) >= 11 is 6.80. The van der Waals surface area contributed by atoms with Gasteiger partial charge in [0.05, 0.1) is 5.69 Å². The van der Waals surface area contributed by atoms with Gasteiger partial charge in [-0.25, -0.2) is 13.8 Å². The molecule has 78 valence electrons. The van der Waals surface area contributed by atoms with Crippen molar-refractivity contribution in [2.24, 2.45) is 0 Å². The van der Waals surface area contributed by atoms with Crippen LogP contribution in [0.4, 0.5) is 19.6 Å². The van der Waals surface area contributed by atoms with Gasteiger partial charge in [0, 0.05) is 11.4 Å². The zero-order valence-corrected chi connectivity index (χ0v) is 8.87. The summed E-state index contributed by atoms with van der Waals surface area (Å²) in [6.07, 6.45) is 0. The molecule has 2 aromatic rings. The van der Waals surface area contributed by atoms with Gasteiger partial charge in [-0.05, 0) is 12.1 Å². The molecule has 0 saturated carbocycles. The van der Waals surface area contributed by atoms with E-state index in [0.29, 0.717) is 10.3 Å². The Balaban J connectivity index is 2.27. The number of nitrogens with zero attached hydrogens (tertiary/aromatic N) is 1. The minimum atomic E-state index is -0.539. The summed E-state index contributed by atoms with van der Waals surface area (Å²) < 4.78 is 26.0. The van der Waals surface area contributed by atoms with Crippen LogP contribution >= 0.6 is 22.9 Å².